The van der Waals surface area contributed by atoms with Crippen molar-refractivity contribution >= 4 is 43.6 Å². The molecule has 0 saturated carbocycles. The van der Waals surface area contributed by atoms with Crippen LogP contribution in [-0.2, 0) is 27.1 Å². The van der Waals surface area contributed by atoms with Crippen LogP contribution in [0.5, 0.6) is 0 Å². The predicted molar refractivity (Wildman–Crippen MR) is 254 cm³/mol. The second-order valence-electron chi connectivity index (χ2n) is 22.1. The average Bonchev–Trinajstić information content (AvgIpc) is 3.64. The van der Waals surface area contributed by atoms with Gasteiger partial charge in [-0.1, -0.05) is 183 Å². The van der Waals surface area contributed by atoms with Crippen LogP contribution in [0.1, 0.15) is 132 Å². The number of nitrogens with zero attached hydrogens (tertiary/aromatic N) is 2. The summed E-state index contributed by atoms with van der Waals surface area (Å²) in [6.07, 6.45) is 0. The summed E-state index contributed by atoms with van der Waals surface area (Å²) in [7, 11) is 0. The molecule has 2 heteroatoms. The Kier molecular flexibility index (Phi) is 9.05. The van der Waals surface area contributed by atoms with Gasteiger partial charge in [0.1, 0.15) is 0 Å². The summed E-state index contributed by atoms with van der Waals surface area (Å²) in [6.45, 7) is 35.0. The van der Waals surface area contributed by atoms with Crippen LogP contribution in [0.2, 0.25) is 0 Å². The molecule has 8 aromatic rings. The lowest BCUT2D eigenvalue weighted by atomic mass is 9.84. The van der Waals surface area contributed by atoms with E-state index in [2.05, 4.69) is 228 Å². The van der Waals surface area contributed by atoms with Gasteiger partial charge in [0.05, 0.1) is 33.4 Å². The third-order valence-electron chi connectivity index (χ3n) is 12.5. The lowest BCUT2D eigenvalue weighted by Crippen LogP contribution is -2.15. The fourth-order valence-electron chi connectivity index (χ4n) is 8.72. The monoisotopic (exact) mass is 765 g/mol. The lowest BCUT2D eigenvalue weighted by Gasteiger charge is -2.27. The maximum absolute atomic E-state index is 2.62. The van der Waals surface area contributed by atoms with Crippen molar-refractivity contribution in [3.8, 4) is 22.5 Å². The first-order valence-electron chi connectivity index (χ1n) is 21.4. The average molecular weight is 765 g/mol. The van der Waals surface area contributed by atoms with Crippen LogP contribution in [0, 0.1) is 0 Å². The van der Waals surface area contributed by atoms with Crippen molar-refractivity contribution in [2.24, 2.45) is 0 Å². The number of hydrogen-bond donors (Lipinski definition) is 0. The molecule has 0 aliphatic heterocycles. The van der Waals surface area contributed by atoms with Crippen molar-refractivity contribution in [1.29, 1.82) is 0 Å². The Bertz CT molecular complexity index is 2560. The molecule has 2 nitrogen and oxygen atoms in total. The van der Waals surface area contributed by atoms with Crippen molar-refractivity contribution in [3.63, 3.8) is 0 Å². The second kappa shape index (κ2) is 13.2. The first-order chi connectivity index (χ1) is 26.9. The smallest absolute Gasteiger partial charge is 0.0564 e. The molecule has 298 valence electrons. The largest absolute Gasteiger partial charge is 0.309 e. The molecule has 0 fully saturated rings. The molecule has 2 aromatic heterocycles. The summed E-state index contributed by atoms with van der Waals surface area (Å²) in [4.78, 5) is 0. The quantitative estimate of drug-likeness (QED) is 0.170. The third-order valence-corrected chi connectivity index (χ3v) is 12.5. The van der Waals surface area contributed by atoms with E-state index in [-0.39, 0.29) is 27.1 Å². The van der Waals surface area contributed by atoms with E-state index >= 15 is 0 Å². The van der Waals surface area contributed by atoms with Gasteiger partial charge in [-0.25, -0.2) is 0 Å². The van der Waals surface area contributed by atoms with Gasteiger partial charge in [-0.3, -0.25) is 0 Å². The van der Waals surface area contributed by atoms with Gasteiger partial charge in [-0.05, 0) is 96.9 Å². The summed E-state index contributed by atoms with van der Waals surface area (Å²) in [5.74, 6) is 0. The zero-order valence-corrected chi connectivity index (χ0v) is 37.9. The second-order valence-corrected chi connectivity index (χ2v) is 22.1. The SMILES string of the molecule is CC(C)(C)c1cc(-n2c3cc(C(C)(C)C)ccc3c3ccc(C(C)(C)C)cc32)c(-c2ccccc2)c(-n2c3cc(C(C)(C)C)ccc3c3ccc(C(C)(C)C)cc32)c1. The van der Waals surface area contributed by atoms with Gasteiger partial charge >= 0.3 is 0 Å². The lowest BCUT2D eigenvalue weighted by molar-refractivity contribution is 0.589. The minimum absolute atomic E-state index is 0.00871. The van der Waals surface area contributed by atoms with E-state index in [4.69, 9.17) is 0 Å². The van der Waals surface area contributed by atoms with Gasteiger partial charge in [-0.2, -0.15) is 0 Å². The molecule has 0 saturated heterocycles. The van der Waals surface area contributed by atoms with Gasteiger partial charge in [0.2, 0.25) is 0 Å². The highest BCUT2D eigenvalue weighted by molar-refractivity contribution is 6.12. The zero-order valence-electron chi connectivity index (χ0n) is 37.9. The molecule has 0 aliphatic rings. The summed E-state index contributed by atoms with van der Waals surface area (Å²) in [6, 6.07) is 44.9. The van der Waals surface area contributed by atoms with Gasteiger partial charge in [0.25, 0.3) is 0 Å². The van der Waals surface area contributed by atoms with E-state index in [0.717, 1.165) is 0 Å². The molecule has 0 radical (unpaired) electrons. The van der Waals surface area contributed by atoms with Crippen LogP contribution in [0.4, 0.5) is 0 Å². The Hall–Kier alpha value is -5.08. The minimum Gasteiger partial charge on any atom is -0.309 e. The molecule has 6 aromatic carbocycles. The van der Waals surface area contributed by atoms with Crippen LogP contribution in [0.3, 0.4) is 0 Å². The Labute approximate surface area is 347 Å². The summed E-state index contributed by atoms with van der Waals surface area (Å²) in [5.41, 5.74) is 16.3. The van der Waals surface area contributed by atoms with Crippen LogP contribution in [0.15, 0.2) is 115 Å². The molecule has 0 bridgehead atoms. The molecule has 2 heterocycles. The zero-order chi connectivity index (χ0) is 41.9. The normalized spacial score (nSPS) is 13.4. The minimum atomic E-state index is -0.128. The van der Waals surface area contributed by atoms with E-state index in [1.165, 1.54) is 93.9 Å². The molecule has 0 spiro atoms. The molecule has 0 aliphatic carbocycles. The summed E-state index contributed by atoms with van der Waals surface area (Å²) < 4.78 is 5.23. The number of rotatable bonds is 3. The Morgan fingerprint density at radius 1 is 0.293 bits per heavy atom. The molecule has 0 N–H and O–H groups in total. The van der Waals surface area contributed by atoms with Crippen LogP contribution < -0.4 is 0 Å². The summed E-state index contributed by atoms with van der Waals surface area (Å²) in [5, 5.41) is 5.14. The van der Waals surface area contributed by atoms with E-state index in [1.54, 1.807) is 0 Å². The number of aromatic nitrogens is 2. The van der Waals surface area contributed by atoms with Crippen molar-refractivity contribution in [2.75, 3.05) is 0 Å². The highest BCUT2D eigenvalue weighted by Crippen LogP contribution is 2.46. The number of hydrogen-bond acceptors (Lipinski definition) is 0. The van der Waals surface area contributed by atoms with Crippen LogP contribution >= 0.6 is 0 Å². The van der Waals surface area contributed by atoms with Gasteiger partial charge in [0, 0.05) is 27.1 Å². The molecule has 0 amide bonds. The molecule has 0 atom stereocenters. The number of benzene rings is 6. The standard InChI is InChI=1S/C56H64N2/c1-52(2,3)36-21-25-41-42-26-22-37(53(4,5)6)30-46(42)57(45(41)29-36)49-33-40(56(13,14)15)34-50(51(49)35-19-17-16-18-20-35)58-47-31-38(54(7,8)9)23-27-43(47)44-28-24-39(32-48(44)58)55(10,11)12/h16-34H,1-15H3. The fraction of sp³-hybridized carbons (Fsp3) is 0.357. The third kappa shape index (κ3) is 6.77. The molecule has 0 unspecified atom stereocenters. The van der Waals surface area contributed by atoms with Crippen molar-refractivity contribution < 1.29 is 0 Å². The fourth-order valence-corrected chi connectivity index (χ4v) is 8.72. The maximum atomic E-state index is 2.62. The molecular formula is C56H64N2. The van der Waals surface area contributed by atoms with E-state index < -0.39 is 0 Å². The topological polar surface area (TPSA) is 9.86 Å². The van der Waals surface area contributed by atoms with E-state index in [1.807, 2.05) is 0 Å². The first kappa shape index (κ1) is 39.7. The van der Waals surface area contributed by atoms with Crippen molar-refractivity contribution in [3.05, 3.63) is 143 Å². The Morgan fingerprint density at radius 3 is 0.828 bits per heavy atom. The predicted octanol–water partition coefficient (Wildman–Crippen LogP) is 16.0. The molecule has 58 heavy (non-hydrogen) atoms. The van der Waals surface area contributed by atoms with Gasteiger partial charge in [0.15, 0.2) is 0 Å². The van der Waals surface area contributed by atoms with Gasteiger partial charge < -0.3 is 9.13 Å². The van der Waals surface area contributed by atoms with Crippen molar-refractivity contribution in [2.45, 2.75) is 131 Å². The van der Waals surface area contributed by atoms with E-state index in [9.17, 15) is 0 Å². The number of fused-ring (bicyclic) bond motifs is 6. The highest BCUT2D eigenvalue weighted by atomic mass is 15.0. The Balaban J connectivity index is 1.65. The highest BCUT2D eigenvalue weighted by Gasteiger charge is 2.29. The maximum Gasteiger partial charge on any atom is 0.0564 e. The van der Waals surface area contributed by atoms with E-state index in [0.29, 0.717) is 0 Å². The van der Waals surface area contributed by atoms with Gasteiger partial charge in [-0.15, -0.1) is 0 Å². The summed E-state index contributed by atoms with van der Waals surface area (Å²) >= 11 is 0. The van der Waals surface area contributed by atoms with Crippen molar-refractivity contribution in [1.82, 2.24) is 9.13 Å². The molecule has 8 rings (SSSR count). The Morgan fingerprint density at radius 2 is 0.569 bits per heavy atom. The first-order valence-corrected chi connectivity index (χ1v) is 21.4. The van der Waals surface area contributed by atoms with Crippen LogP contribution in [0.25, 0.3) is 66.1 Å². The molecular weight excluding hydrogens is 701 g/mol. The van der Waals surface area contributed by atoms with Crippen LogP contribution in [-0.4, -0.2) is 9.13 Å².